The van der Waals surface area contributed by atoms with E-state index < -0.39 is 6.04 Å². The molecule has 0 spiro atoms. The Balaban J connectivity index is 0.693. The highest BCUT2D eigenvalue weighted by Crippen LogP contribution is 2.33. The molecule has 59 heavy (non-hydrogen) atoms. The maximum absolute atomic E-state index is 13.1. The molecule has 1 aliphatic carbocycles. The minimum absolute atomic E-state index is 0.0246. The number of carbonyl (C=O) groups is 4. The van der Waals surface area contributed by atoms with E-state index in [2.05, 4.69) is 52.4 Å². The van der Waals surface area contributed by atoms with E-state index in [1.165, 1.54) is 0 Å². The van der Waals surface area contributed by atoms with E-state index in [0.717, 1.165) is 107 Å². The van der Waals surface area contributed by atoms with Gasteiger partial charge in [-0.05, 0) is 98.9 Å². The highest BCUT2D eigenvalue weighted by atomic mass is 16.5. The van der Waals surface area contributed by atoms with Crippen molar-refractivity contribution in [3.63, 3.8) is 0 Å². The molecule has 15 nitrogen and oxygen atoms in total. The van der Waals surface area contributed by atoms with E-state index in [9.17, 15) is 24.4 Å². The van der Waals surface area contributed by atoms with Crippen LogP contribution in [-0.4, -0.2) is 112 Å². The summed E-state index contributed by atoms with van der Waals surface area (Å²) in [4.78, 5) is 72.6. The van der Waals surface area contributed by atoms with Crippen LogP contribution in [0.15, 0.2) is 61.1 Å². The van der Waals surface area contributed by atoms with Gasteiger partial charge in [-0.1, -0.05) is 0 Å². The number of carbonyl (C=O) groups excluding carboxylic acids is 4. The maximum Gasteiger partial charge on any atom is 0.255 e. The largest absolute Gasteiger partial charge is 0.490 e. The van der Waals surface area contributed by atoms with Gasteiger partial charge in [-0.2, -0.15) is 5.26 Å². The number of nitriles is 1. The van der Waals surface area contributed by atoms with Crippen LogP contribution in [0.3, 0.4) is 0 Å². The van der Waals surface area contributed by atoms with Crippen LogP contribution in [0.5, 0.6) is 5.75 Å². The number of pyridine rings is 1. The Hall–Kier alpha value is -6.14. The number of hydrogen-bond donors (Lipinski definition) is 2. The van der Waals surface area contributed by atoms with Crippen LogP contribution >= 0.6 is 0 Å². The van der Waals surface area contributed by atoms with E-state index in [1.54, 1.807) is 29.6 Å². The molecule has 4 aromatic rings. The maximum atomic E-state index is 13.1. The summed E-state index contributed by atoms with van der Waals surface area (Å²) in [6.45, 7) is 6.93. The first-order valence-corrected chi connectivity index (χ1v) is 20.9. The lowest BCUT2D eigenvalue weighted by atomic mass is 9.92. The van der Waals surface area contributed by atoms with Crippen molar-refractivity contribution in [2.45, 2.75) is 76.1 Å². The molecule has 2 aromatic heterocycles. The van der Waals surface area contributed by atoms with Gasteiger partial charge in [-0.15, -0.1) is 0 Å². The number of anilines is 2. The van der Waals surface area contributed by atoms with Crippen LogP contribution in [0.25, 0.3) is 10.9 Å². The van der Waals surface area contributed by atoms with E-state index in [0.29, 0.717) is 47.0 Å². The zero-order valence-corrected chi connectivity index (χ0v) is 33.0. The van der Waals surface area contributed by atoms with Gasteiger partial charge in [0.1, 0.15) is 17.9 Å². The van der Waals surface area contributed by atoms with Crippen molar-refractivity contribution in [2.75, 3.05) is 55.6 Å². The van der Waals surface area contributed by atoms with Crippen molar-refractivity contribution < 1.29 is 23.9 Å². The van der Waals surface area contributed by atoms with Gasteiger partial charge in [0.25, 0.3) is 11.8 Å². The van der Waals surface area contributed by atoms with Gasteiger partial charge in [0, 0.05) is 100 Å². The third kappa shape index (κ3) is 8.14. The monoisotopic (exact) mass is 796 g/mol. The van der Waals surface area contributed by atoms with Gasteiger partial charge in [-0.3, -0.25) is 34.4 Å². The normalized spacial score (nSPS) is 22.9. The molecule has 1 atom stereocenters. The second-order valence-corrected chi connectivity index (χ2v) is 16.4. The minimum Gasteiger partial charge on any atom is -0.490 e. The third-order valence-electron chi connectivity index (χ3n) is 12.7. The highest BCUT2D eigenvalue weighted by Gasteiger charge is 2.39. The second-order valence-electron chi connectivity index (χ2n) is 16.4. The van der Waals surface area contributed by atoms with Gasteiger partial charge < -0.3 is 24.8 Å². The number of hydrogen-bond acceptors (Lipinski definition) is 12. The van der Waals surface area contributed by atoms with E-state index in [1.807, 2.05) is 30.3 Å². The van der Waals surface area contributed by atoms with E-state index >= 15 is 0 Å². The second kappa shape index (κ2) is 16.6. The smallest absolute Gasteiger partial charge is 0.255 e. The summed E-state index contributed by atoms with van der Waals surface area (Å²) >= 11 is 0. The lowest BCUT2D eigenvalue weighted by molar-refractivity contribution is -0.136. The average molecular weight is 797 g/mol. The molecule has 6 heterocycles. The molecule has 1 saturated carbocycles. The summed E-state index contributed by atoms with van der Waals surface area (Å²) in [6.07, 6.45) is 10.9. The number of piperazine rings is 1. The Morgan fingerprint density at radius 1 is 0.881 bits per heavy atom. The van der Waals surface area contributed by atoms with Crippen molar-refractivity contribution in [2.24, 2.45) is 5.92 Å². The first-order valence-electron chi connectivity index (χ1n) is 20.9. The predicted molar refractivity (Wildman–Crippen MR) is 219 cm³/mol. The standard InChI is InChI=1S/C44H48N10O5/c45-23-29-3-11-38(36-2-1-15-46-40(29)36)59-34-7-4-32(5-8-34)49-41(56)31-24-47-44(48-25-31)53-16-13-28(14-17-53)26-51-18-20-52(21-19-51)33-6-9-35-30(22-33)27-54(43(35)58)37-10-12-39(55)50-42(37)57/h1-3,6,9,11,15,22,24-25,28,32,34,37H,4-5,7-8,10,12-14,16-21,26-27H2,(H,49,56)(H,50,55,57). The molecule has 0 radical (unpaired) electrons. The average Bonchev–Trinajstić information content (AvgIpc) is 3.59. The molecule has 9 rings (SSSR count). The number of amides is 4. The molecule has 2 aromatic carbocycles. The Morgan fingerprint density at radius 3 is 2.41 bits per heavy atom. The van der Waals surface area contributed by atoms with Crippen LogP contribution in [0.4, 0.5) is 11.6 Å². The molecule has 4 aliphatic heterocycles. The first kappa shape index (κ1) is 38.4. The number of rotatable bonds is 9. The summed E-state index contributed by atoms with van der Waals surface area (Å²) in [5.74, 6) is 1.01. The molecule has 4 fully saturated rings. The fourth-order valence-corrected chi connectivity index (χ4v) is 9.34. The molecular formula is C44H48N10O5. The number of ether oxygens (including phenoxy) is 1. The van der Waals surface area contributed by atoms with Gasteiger partial charge >= 0.3 is 0 Å². The third-order valence-corrected chi connectivity index (χ3v) is 12.7. The Morgan fingerprint density at radius 2 is 1.66 bits per heavy atom. The number of aromatic nitrogens is 3. The molecule has 4 amide bonds. The van der Waals surface area contributed by atoms with Crippen LogP contribution < -0.4 is 25.2 Å². The lowest BCUT2D eigenvalue weighted by Crippen LogP contribution is -2.52. The molecule has 2 N–H and O–H groups in total. The quantitative estimate of drug-likeness (QED) is 0.235. The van der Waals surface area contributed by atoms with Gasteiger partial charge in [-0.25, -0.2) is 9.97 Å². The van der Waals surface area contributed by atoms with Crippen LogP contribution in [-0.2, 0) is 16.1 Å². The summed E-state index contributed by atoms with van der Waals surface area (Å²) in [6, 6.07) is 15.0. The van der Waals surface area contributed by atoms with Crippen LogP contribution in [0.2, 0.25) is 0 Å². The van der Waals surface area contributed by atoms with E-state index in [4.69, 9.17) is 4.74 Å². The molecular weight excluding hydrogens is 749 g/mol. The molecule has 3 saturated heterocycles. The Bertz CT molecular complexity index is 2290. The summed E-state index contributed by atoms with van der Waals surface area (Å²) in [5.41, 5.74) is 4.30. The minimum atomic E-state index is -0.605. The first-order chi connectivity index (χ1) is 28.8. The fraction of sp³-hybridized carbons (Fsp3) is 0.455. The van der Waals surface area contributed by atoms with Crippen molar-refractivity contribution >= 4 is 46.2 Å². The number of imide groups is 1. The lowest BCUT2D eigenvalue weighted by Gasteiger charge is -2.39. The molecule has 15 heteroatoms. The summed E-state index contributed by atoms with van der Waals surface area (Å²) in [5, 5.41) is 15.8. The van der Waals surface area contributed by atoms with Crippen molar-refractivity contribution in [3.05, 3.63) is 83.3 Å². The van der Waals surface area contributed by atoms with Crippen molar-refractivity contribution in [1.82, 2.24) is 35.4 Å². The van der Waals surface area contributed by atoms with Crippen molar-refractivity contribution in [3.8, 4) is 11.8 Å². The summed E-state index contributed by atoms with van der Waals surface area (Å²) in [7, 11) is 0. The fourth-order valence-electron chi connectivity index (χ4n) is 9.34. The zero-order valence-electron chi connectivity index (χ0n) is 33.0. The number of benzene rings is 2. The van der Waals surface area contributed by atoms with Crippen LogP contribution in [0, 0.1) is 17.2 Å². The number of piperidine rings is 2. The number of fused-ring (bicyclic) bond motifs is 2. The predicted octanol–water partition coefficient (Wildman–Crippen LogP) is 3.82. The Kier molecular flexibility index (Phi) is 10.8. The number of nitrogens with one attached hydrogen (secondary N) is 2. The topological polar surface area (TPSA) is 177 Å². The molecule has 0 bridgehead atoms. The molecule has 304 valence electrons. The van der Waals surface area contributed by atoms with Gasteiger partial charge in [0.05, 0.1) is 22.7 Å². The molecule has 1 unspecified atom stereocenters. The Labute approximate surface area is 342 Å². The molecule has 5 aliphatic rings. The van der Waals surface area contributed by atoms with Gasteiger partial charge in [0.2, 0.25) is 17.8 Å². The van der Waals surface area contributed by atoms with Gasteiger partial charge in [0.15, 0.2) is 0 Å². The highest BCUT2D eigenvalue weighted by molar-refractivity contribution is 6.05. The summed E-state index contributed by atoms with van der Waals surface area (Å²) < 4.78 is 6.36. The number of nitrogens with zero attached hydrogens (tertiary/aromatic N) is 8. The SMILES string of the molecule is N#Cc1ccc(OC2CCC(NC(=O)c3cnc(N4CCC(CN5CCN(c6ccc7c(c6)CN(C6CCC(=O)NC6=O)C7=O)CC5)CC4)nc3)CC2)c2cccnc12. The van der Waals surface area contributed by atoms with Crippen molar-refractivity contribution in [1.29, 1.82) is 5.26 Å². The van der Waals surface area contributed by atoms with Crippen LogP contribution in [0.1, 0.15) is 83.2 Å². The van der Waals surface area contributed by atoms with E-state index in [-0.39, 0.29) is 42.2 Å². The zero-order chi connectivity index (χ0) is 40.5.